The highest BCUT2D eigenvalue weighted by Crippen LogP contribution is 2.26. The van der Waals surface area contributed by atoms with E-state index < -0.39 is 0 Å². The quantitative estimate of drug-likeness (QED) is 0.859. The van der Waals surface area contributed by atoms with Crippen molar-refractivity contribution in [3.05, 3.63) is 29.3 Å². The van der Waals surface area contributed by atoms with Gasteiger partial charge in [0.15, 0.2) is 0 Å². The number of hydrogen-bond acceptors (Lipinski definition) is 2. The lowest BCUT2D eigenvalue weighted by Gasteiger charge is -2.22. The number of carbonyl (C=O) groups is 1. The summed E-state index contributed by atoms with van der Waals surface area (Å²) in [5.74, 6) is 0.872. The average Bonchev–Trinajstić information content (AvgIpc) is 2.49. The van der Waals surface area contributed by atoms with E-state index in [0.717, 1.165) is 29.3 Å². The highest BCUT2D eigenvalue weighted by molar-refractivity contribution is 5.96. The van der Waals surface area contributed by atoms with Gasteiger partial charge in [-0.2, -0.15) is 0 Å². The second-order valence-electron chi connectivity index (χ2n) is 5.78. The Morgan fingerprint density at radius 1 is 1.25 bits per heavy atom. The molecule has 1 aromatic rings. The number of benzene rings is 1. The van der Waals surface area contributed by atoms with Gasteiger partial charge in [0.05, 0.1) is 0 Å². The first-order valence-corrected chi connectivity index (χ1v) is 7.78. The van der Waals surface area contributed by atoms with E-state index in [0.29, 0.717) is 0 Å². The number of hydrogen-bond donors (Lipinski definition) is 2. The van der Waals surface area contributed by atoms with Crippen LogP contribution in [0.2, 0.25) is 0 Å². The summed E-state index contributed by atoms with van der Waals surface area (Å²) < 4.78 is 0. The molecule has 0 bridgehead atoms. The van der Waals surface area contributed by atoms with Crippen LogP contribution in [0.3, 0.4) is 0 Å². The van der Waals surface area contributed by atoms with E-state index in [-0.39, 0.29) is 5.91 Å². The summed E-state index contributed by atoms with van der Waals surface area (Å²) in [6.45, 7) is 3.01. The van der Waals surface area contributed by atoms with Gasteiger partial charge in [-0.1, -0.05) is 38.2 Å². The largest absolute Gasteiger partial charge is 0.385 e. The molecule has 1 aliphatic carbocycles. The van der Waals surface area contributed by atoms with Crippen LogP contribution in [-0.2, 0) is 0 Å². The second kappa shape index (κ2) is 7.32. The van der Waals surface area contributed by atoms with Crippen molar-refractivity contribution in [2.75, 3.05) is 18.9 Å². The molecule has 3 nitrogen and oxygen atoms in total. The summed E-state index contributed by atoms with van der Waals surface area (Å²) in [5, 5.41) is 6.19. The Labute approximate surface area is 122 Å². The van der Waals surface area contributed by atoms with Crippen molar-refractivity contribution in [3.63, 3.8) is 0 Å². The van der Waals surface area contributed by atoms with Gasteiger partial charge in [0, 0.05) is 24.8 Å². The van der Waals surface area contributed by atoms with E-state index in [9.17, 15) is 4.79 Å². The molecule has 1 saturated carbocycles. The minimum absolute atomic E-state index is 0.0153. The summed E-state index contributed by atoms with van der Waals surface area (Å²) in [6.07, 6.45) is 8.23. The molecule has 20 heavy (non-hydrogen) atoms. The van der Waals surface area contributed by atoms with Crippen LogP contribution in [0.4, 0.5) is 5.69 Å². The van der Waals surface area contributed by atoms with Gasteiger partial charge in [-0.3, -0.25) is 4.79 Å². The molecule has 0 unspecified atom stereocenters. The number of anilines is 1. The standard InChI is InChI=1S/C17H26N2O/c1-13-15(17(20)18-2)9-6-10-16(13)19-12-11-14-7-4-3-5-8-14/h6,9-10,14,19H,3-5,7-8,11-12H2,1-2H3,(H,18,20). The van der Waals surface area contributed by atoms with Crippen molar-refractivity contribution in [1.29, 1.82) is 0 Å². The molecule has 110 valence electrons. The predicted octanol–water partition coefficient (Wildman–Crippen LogP) is 3.74. The Hall–Kier alpha value is -1.51. The summed E-state index contributed by atoms with van der Waals surface area (Å²) in [6, 6.07) is 5.88. The number of amides is 1. The van der Waals surface area contributed by atoms with Crippen molar-refractivity contribution in [2.45, 2.75) is 45.4 Å². The SMILES string of the molecule is CNC(=O)c1cccc(NCCC2CCCCC2)c1C. The van der Waals surface area contributed by atoms with Gasteiger partial charge in [-0.05, 0) is 37.0 Å². The summed E-state index contributed by atoms with van der Waals surface area (Å²) in [7, 11) is 1.67. The summed E-state index contributed by atoms with van der Waals surface area (Å²) in [5.41, 5.74) is 2.88. The van der Waals surface area contributed by atoms with Crippen LogP contribution in [0.25, 0.3) is 0 Å². The van der Waals surface area contributed by atoms with Crippen molar-refractivity contribution in [1.82, 2.24) is 5.32 Å². The third-order valence-corrected chi connectivity index (χ3v) is 4.40. The molecule has 1 aliphatic rings. The predicted molar refractivity (Wildman–Crippen MR) is 84.3 cm³/mol. The van der Waals surface area contributed by atoms with Crippen molar-refractivity contribution in [2.24, 2.45) is 5.92 Å². The zero-order valence-electron chi connectivity index (χ0n) is 12.7. The van der Waals surface area contributed by atoms with Crippen LogP contribution in [-0.4, -0.2) is 19.5 Å². The fourth-order valence-corrected chi connectivity index (χ4v) is 3.09. The molecule has 0 spiro atoms. The minimum atomic E-state index is -0.0153. The monoisotopic (exact) mass is 274 g/mol. The van der Waals surface area contributed by atoms with Gasteiger partial charge in [0.2, 0.25) is 0 Å². The topological polar surface area (TPSA) is 41.1 Å². The van der Waals surface area contributed by atoms with Crippen molar-refractivity contribution < 1.29 is 4.79 Å². The maximum absolute atomic E-state index is 11.8. The van der Waals surface area contributed by atoms with E-state index in [2.05, 4.69) is 16.7 Å². The maximum atomic E-state index is 11.8. The fourth-order valence-electron chi connectivity index (χ4n) is 3.09. The van der Waals surface area contributed by atoms with Crippen LogP contribution >= 0.6 is 0 Å². The molecular formula is C17H26N2O. The molecule has 0 saturated heterocycles. The van der Waals surface area contributed by atoms with Gasteiger partial charge in [0.25, 0.3) is 5.91 Å². The maximum Gasteiger partial charge on any atom is 0.251 e. The normalized spacial score (nSPS) is 15.9. The number of nitrogens with one attached hydrogen (secondary N) is 2. The lowest BCUT2D eigenvalue weighted by molar-refractivity contribution is 0.0962. The molecule has 0 aromatic heterocycles. The van der Waals surface area contributed by atoms with E-state index in [1.54, 1.807) is 7.05 Å². The first-order chi connectivity index (χ1) is 9.72. The van der Waals surface area contributed by atoms with Crippen molar-refractivity contribution >= 4 is 11.6 Å². The number of rotatable bonds is 5. The Morgan fingerprint density at radius 2 is 2.00 bits per heavy atom. The Kier molecular flexibility index (Phi) is 5.45. The smallest absolute Gasteiger partial charge is 0.251 e. The fraction of sp³-hybridized carbons (Fsp3) is 0.588. The van der Waals surface area contributed by atoms with Crippen LogP contribution in [0.5, 0.6) is 0 Å². The van der Waals surface area contributed by atoms with Gasteiger partial charge < -0.3 is 10.6 Å². The van der Waals surface area contributed by atoms with E-state index >= 15 is 0 Å². The highest BCUT2D eigenvalue weighted by atomic mass is 16.1. The number of carbonyl (C=O) groups excluding carboxylic acids is 1. The van der Waals surface area contributed by atoms with Crippen LogP contribution in [0, 0.1) is 12.8 Å². The third-order valence-electron chi connectivity index (χ3n) is 4.40. The zero-order chi connectivity index (χ0) is 14.4. The van der Waals surface area contributed by atoms with Gasteiger partial charge in [-0.15, -0.1) is 0 Å². The zero-order valence-corrected chi connectivity index (χ0v) is 12.7. The molecule has 0 aliphatic heterocycles. The third kappa shape index (κ3) is 3.75. The van der Waals surface area contributed by atoms with E-state index in [1.165, 1.54) is 38.5 Å². The lowest BCUT2D eigenvalue weighted by Crippen LogP contribution is -2.19. The summed E-state index contributed by atoms with van der Waals surface area (Å²) in [4.78, 5) is 11.8. The summed E-state index contributed by atoms with van der Waals surface area (Å²) >= 11 is 0. The van der Waals surface area contributed by atoms with Crippen molar-refractivity contribution in [3.8, 4) is 0 Å². The molecule has 0 radical (unpaired) electrons. The van der Waals surface area contributed by atoms with Crippen LogP contribution in [0.15, 0.2) is 18.2 Å². The second-order valence-corrected chi connectivity index (χ2v) is 5.78. The van der Waals surface area contributed by atoms with Gasteiger partial charge >= 0.3 is 0 Å². The van der Waals surface area contributed by atoms with Crippen LogP contribution < -0.4 is 10.6 Å². The molecular weight excluding hydrogens is 248 g/mol. The molecule has 1 aromatic carbocycles. The first-order valence-electron chi connectivity index (χ1n) is 7.78. The molecule has 0 heterocycles. The van der Waals surface area contributed by atoms with Crippen LogP contribution in [0.1, 0.15) is 54.4 Å². The molecule has 1 amide bonds. The highest BCUT2D eigenvalue weighted by Gasteiger charge is 2.13. The first kappa shape index (κ1) is 14.9. The molecule has 0 atom stereocenters. The van der Waals surface area contributed by atoms with E-state index in [4.69, 9.17) is 0 Å². The van der Waals surface area contributed by atoms with Gasteiger partial charge in [0.1, 0.15) is 0 Å². The molecule has 3 heteroatoms. The van der Waals surface area contributed by atoms with E-state index in [1.807, 2.05) is 19.1 Å². The Balaban J connectivity index is 1.90. The Bertz CT molecular complexity index is 450. The molecule has 2 rings (SSSR count). The lowest BCUT2D eigenvalue weighted by atomic mass is 9.87. The Morgan fingerprint density at radius 3 is 2.70 bits per heavy atom. The average molecular weight is 274 g/mol. The molecule has 1 fully saturated rings. The molecule has 2 N–H and O–H groups in total. The minimum Gasteiger partial charge on any atom is -0.385 e. The van der Waals surface area contributed by atoms with Gasteiger partial charge in [-0.25, -0.2) is 0 Å².